The normalized spacial score (nSPS) is 16.7. The molecule has 136 valence electrons. The molecule has 1 fully saturated rings. The molecule has 1 atom stereocenters. The largest absolute Gasteiger partial charge is 0.507 e. The van der Waals surface area contributed by atoms with Crippen molar-refractivity contribution in [1.82, 2.24) is 4.90 Å². The minimum atomic E-state index is -1.02. The zero-order valence-corrected chi connectivity index (χ0v) is 14.8. The van der Waals surface area contributed by atoms with E-state index in [2.05, 4.69) is 0 Å². The molecule has 2 aromatic carbocycles. The molecule has 1 amide bonds. The summed E-state index contributed by atoms with van der Waals surface area (Å²) in [5, 5.41) is 28.8. The maximum atomic E-state index is 13.0. The number of phenols is 2. The SMILES string of the molecule is Cc1ccc(C(=O)O)cc1C1CCCN1C(=O)c1cc(Cl)c(O)cc1O. The molecule has 26 heavy (non-hydrogen) atoms. The van der Waals surface area contributed by atoms with E-state index in [9.17, 15) is 24.9 Å². The van der Waals surface area contributed by atoms with E-state index < -0.39 is 11.9 Å². The lowest BCUT2D eigenvalue weighted by atomic mass is 9.96. The minimum absolute atomic E-state index is 0.00624. The van der Waals surface area contributed by atoms with Gasteiger partial charge in [0.05, 0.1) is 22.2 Å². The van der Waals surface area contributed by atoms with Crippen LogP contribution < -0.4 is 0 Å². The van der Waals surface area contributed by atoms with Gasteiger partial charge >= 0.3 is 5.97 Å². The number of aromatic carboxylic acids is 1. The average Bonchev–Trinajstić information content (AvgIpc) is 3.07. The zero-order chi connectivity index (χ0) is 19.0. The zero-order valence-electron chi connectivity index (χ0n) is 14.1. The quantitative estimate of drug-likeness (QED) is 0.759. The summed E-state index contributed by atoms with van der Waals surface area (Å²) in [4.78, 5) is 25.8. The number of nitrogens with zero attached hydrogens (tertiary/aromatic N) is 1. The second-order valence-electron chi connectivity index (χ2n) is 6.35. The highest BCUT2D eigenvalue weighted by molar-refractivity contribution is 6.32. The summed E-state index contributed by atoms with van der Waals surface area (Å²) >= 11 is 5.87. The van der Waals surface area contributed by atoms with Crippen LogP contribution in [0.5, 0.6) is 11.5 Å². The van der Waals surface area contributed by atoms with E-state index in [0.29, 0.717) is 13.0 Å². The molecular weight excluding hydrogens is 358 g/mol. The molecule has 0 radical (unpaired) electrons. The highest BCUT2D eigenvalue weighted by atomic mass is 35.5. The van der Waals surface area contributed by atoms with Crippen LogP contribution in [0.1, 0.15) is 50.7 Å². The van der Waals surface area contributed by atoms with Gasteiger partial charge in [0.1, 0.15) is 11.5 Å². The van der Waals surface area contributed by atoms with Gasteiger partial charge in [-0.05, 0) is 49.1 Å². The van der Waals surface area contributed by atoms with Gasteiger partial charge in [-0.1, -0.05) is 17.7 Å². The van der Waals surface area contributed by atoms with Crippen LogP contribution in [0.3, 0.4) is 0 Å². The first-order valence-corrected chi connectivity index (χ1v) is 8.53. The fourth-order valence-electron chi connectivity index (χ4n) is 3.34. The van der Waals surface area contributed by atoms with Gasteiger partial charge in [-0.15, -0.1) is 0 Å². The molecule has 1 aliphatic rings. The Balaban J connectivity index is 1.99. The molecule has 1 unspecified atom stereocenters. The molecule has 0 saturated carbocycles. The number of amides is 1. The van der Waals surface area contributed by atoms with Crippen molar-refractivity contribution < 1.29 is 24.9 Å². The first-order valence-electron chi connectivity index (χ1n) is 8.16. The summed E-state index contributed by atoms with van der Waals surface area (Å²) in [7, 11) is 0. The number of benzene rings is 2. The van der Waals surface area contributed by atoms with Crippen molar-refractivity contribution in [2.24, 2.45) is 0 Å². The van der Waals surface area contributed by atoms with Crippen molar-refractivity contribution in [3.05, 3.63) is 57.6 Å². The predicted octanol–water partition coefficient (Wildman–Crippen LogP) is 3.74. The van der Waals surface area contributed by atoms with Crippen LogP contribution in [-0.4, -0.2) is 38.6 Å². The smallest absolute Gasteiger partial charge is 0.335 e. The van der Waals surface area contributed by atoms with Gasteiger partial charge in [0.2, 0.25) is 0 Å². The number of aryl methyl sites for hydroxylation is 1. The Bertz CT molecular complexity index is 896. The van der Waals surface area contributed by atoms with Crippen LogP contribution in [0.25, 0.3) is 0 Å². The fraction of sp³-hybridized carbons (Fsp3) is 0.263. The third kappa shape index (κ3) is 3.20. The Morgan fingerprint density at radius 1 is 1.15 bits per heavy atom. The highest BCUT2D eigenvalue weighted by Gasteiger charge is 2.33. The molecule has 1 saturated heterocycles. The number of carbonyl (C=O) groups excluding carboxylic acids is 1. The Morgan fingerprint density at radius 2 is 1.88 bits per heavy atom. The number of aromatic hydroxyl groups is 2. The lowest BCUT2D eigenvalue weighted by Crippen LogP contribution is -2.31. The third-order valence-corrected chi connectivity index (χ3v) is 5.00. The van der Waals surface area contributed by atoms with Crippen LogP contribution in [0.4, 0.5) is 0 Å². The Hall–Kier alpha value is -2.73. The van der Waals surface area contributed by atoms with E-state index >= 15 is 0 Å². The molecule has 3 N–H and O–H groups in total. The molecule has 0 aliphatic carbocycles. The Kier molecular flexibility index (Phi) is 4.78. The minimum Gasteiger partial charge on any atom is -0.507 e. The van der Waals surface area contributed by atoms with Crippen molar-refractivity contribution in [3.63, 3.8) is 0 Å². The number of carboxylic acid groups (broad SMARTS) is 1. The van der Waals surface area contributed by atoms with Crippen LogP contribution in [0.2, 0.25) is 5.02 Å². The van der Waals surface area contributed by atoms with E-state index in [1.807, 2.05) is 6.92 Å². The van der Waals surface area contributed by atoms with Crippen LogP contribution in [0, 0.1) is 6.92 Å². The van der Waals surface area contributed by atoms with Gasteiger partial charge in [-0.25, -0.2) is 4.79 Å². The van der Waals surface area contributed by atoms with Gasteiger partial charge in [0.25, 0.3) is 5.91 Å². The summed E-state index contributed by atoms with van der Waals surface area (Å²) in [6.07, 6.45) is 1.46. The topological polar surface area (TPSA) is 98.1 Å². The van der Waals surface area contributed by atoms with E-state index in [4.69, 9.17) is 11.6 Å². The Morgan fingerprint density at radius 3 is 2.58 bits per heavy atom. The lowest BCUT2D eigenvalue weighted by Gasteiger charge is -2.27. The number of carbonyl (C=O) groups is 2. The van der Waals surface area contributed by atoms with Gasteiger partial charge in [0.15, 0.2) is 0 Å². The highest BCUT2D eigenvalue weighted by Crippen LogP contribution is 2.38. The molecule has 1 aliphatic heterocycles. The molecule has 3 rings (SSSR count). The van der Waals surface area contributed by atoms with E-state index in [1.54, 1.807) is 17.0 Å². The first-order chi connectivity index (χ1) is 12.3. The number of halogens is 1. The molecule has 6 nitrogen and oxygen atoms in total. The van der Waals surface area contributed by atoms with Crippen LogP contribution in [0.15, 0.2) is 30.3 Å². The second-order valence-corrected chi connectivity index (χ2v) is 6.76. The van der Waals surface area contributed by atoms with E-state index in [0.717, 1.165) is 23.6 Å². The molecule has 0 aromatic heterocycles. The second kappa shape index (κ2) is 6.88. The molecular formula is C19H18ClNO5. The van der Waals surface area contributed by atoms with Crippen molar-refractivity contribution in [2.45, 2.75) is 25.8 Å². The van der Waals surface area contributed by atoms with Gasteiger partial charge in [-0.3, -0.25) is 4.79 Å². The number of rotatable bonds is 3. The fourth-order valence-corrected chi connectivity index (χ4v) is 3.51. The van der Waals surface area contributed by atoms with Crippen LogP contribution in [-0.2, 0) is 0 Å². The van der Waals surface area contributed by atoms with E-state index in [-0.39, 0.29) is 33.7 Å². The summed E-state index contributed by atoms with van der Waals surface area (Å²) in [5.41, 5.74) is 1.85. The van der Waals surface area contributed by atoms with Crippen molar-refractivity contribution >= 4 is 23.5 Å². The average molecular weight is 376 g/mol. The van der Waals surface area contributed by atoms with Crippen molar-refractivity contribution in [1.29, 1.82) is 0 Å². The summed E-state index contributed by atoms with van der Waals surface area (Å²) in [6, 6.07) is 6.86. The van der Waals surface area contributed by atoms with Crippen molar-refractivity contribution in [2.75, 3.05) is 6.54 Å². The summed E-state index contributed by atoms with van der Waals surface area (Å²) in [5.74, 6) is -2.08. The number of hydrogen-bond acceptors (Lipinski definition) is 4. The number of phenolic OH excluding ortho intramolecular Hbond substituents is 2. The number of carboxylic acids is 1. The van der Waals surface area contributed by atoms with E-state index in [1.165, 1.54) is 12.1 Å². The third-order valence-electron chi connectivity index (χ3n) is 4.69. The van der Waals surface area contributed by atoms with Crippen LogP contribution >= 0.6 is 11.6 Å². The molecule has 1 heterocycles. The summed E-state index contributed by atoms with van der Waals surface area (Å²) < 4.78 is 0. The lowest BCUT2D eigenvalue weighted by molar-refractivity contribution is 0.0696. The monoisotopic (exact) mass is 375 g/mol. The van der Waals surface area contributed by atoms with Gasteiger partial charge in [-0.2, -0.15) is 0 Å². The van der Waals surface area contributed by atoms with Gasteiger partial charge < -0.3 is 20.2 Å². The molecule has 2 aromatic rings. The standard InChI is InChI=1S/C19H18ClNO5/c1-10-4-5-11(19(25)26)7-12(10)15-3-2-6-21(15)18(24)13-8-14(20)17(23)9-16(13)22/h4-5,7-9,15,22-23H,2-3,6H2,1H3,(H,25,26). The molecule has 0 bridgehead atoms. The van der Waals surface area contributed by atoms with Gasteiger partial charge in [0, 0.05) is 12.6 Å². The maximum absolute atomic E-state index is 13.0. The molecule has 7 heteroatoms. The Labute approximate surface area is 155 Å². The number of likely N-dealkylation sites (tertiary alicyclic amines) is 1. The first kappa shape index (κ1) is 18.1. The predicted molar refractivity (Wildman–Crippen MR) is 95.9 cm³/mol. The summed E-state index contributed by atoms with van der Waals surface area (Å²) in [6.45, 7) is 2.36. The van der Waals surface area contributed by atoms with Crippen molar-refractivity contribution in [3.8, 4) is 11.5 Å². The number of hydrogen-bond donors (Lipinski definition) is 3. The molecule has 0 spiro atoms. The maximum Gasteiger partial charge on any atom is 0.335 e.